The second-order valence-electron chi connectivity index (χ2n) is 5.38. The van der Waals surface area contributed by atoms with E-state index >= 15 is 0 Å². The van der Waals surface area contributed by atoms with E-state index in [2.05, 4.69) is 33.7 Å². The molecule has 134 valence electrons. The average Bonchev–Trinajstić information content (AvgIpc) is 2.99. The van der Waals surface area contributed by atoms with Gasteiger partial charge in [0, 0.05) is 20.7 Å². The van der Waals surface area contributed by atoms with Gasteiger partial charge in [-0.3, -0.25) is 0 Å². The molecule has 8 heteroatoms. The van der Waals surface area contributed by atoms with Gasteiger partial charge in [-0.2, -0.15) is 9.78 Å². The van der Waals surface area contributed by atoms with E-state index in [1.807, 2.05) is 31.2 Å². The molecule has 1 aromatic heterocycles. The maximum atomic E-state index is 6.23. The van der Waals surface area contributed by atoms with Crippen molar-refractivity contribution >= 4 is 52.9 Å². The van der Waals surface area contributed by atoms with Crippen molar-refractivity contribution in [2.45, 2.75) is 22.7 Å². The summed E-state index contributed by atoms with van der Waals surface area (Å²) in [5.41, 5.74) is 2.01. The van der Waals surface area contributed by atoms with Crippen molar-refractivity contribution < 1.29 is 0 Å². The third-order valence-electron chi connectivity index (χ3n) is 3.58. The summed E-state index contributed by atoms with van der Waals surface area (Å²) in [5, 5.41) is 14.8. The largest absolute Gasteiger partial charge is 0.212 e. The fourth-order valence-electron chi connectivity index (χ4n) is 2.16. The molecule has 4 nitrogen and oxygen atoms in total. The minimum atomic E-state index is 0.625. The summed E-state index contributed by atoms with van der Waals surface area (Å²) in [5.74, 6) is 1.39. The van der Waals surface area contributed by atoms with E-state index in [1.54, 1.807) is 28.7 Å². The Kier molecular flexibility index (Phi) is 6.64. The molecule has 0 bridgehead atoms. The maximum absolute atomic E-state index is 6.23. The number of aromatic nitrogens is 3. The van der Waals surface area contributed by atoms with Crippen LogP contribution in [0.2, 0.25) is 10.0 Å². The van der Waals surface area contributed by atoms with Gasteiger partial charge in [0.1, 0.15) is 0 Å². The molecule has 0 aliphatic carbocycles. The smallest absolute Gasteiger partial charge is 0.192 e. The van der Waals surface area contributed by atoms with Gasteiger partial charge in [0.2, 0.25) is 5.16 Å². The van der Waals surface area contributed by atoms with Gasteiger partial charge in [-0.25, -0.2) is 0 Å². The highest BCUT2D eigenvalue weighted by molar-refractivity contribution is 7.98. The molecule has 3 aromatic rings. The minimum Gasteiger partial charge on any atom is -0.192 e. The van der Waals surface area contributed by atoms with E-state index in [-0.39, 0.29) is 0 Å². The number of rotatable bonds is 6. The molecule has 2 aromatic carbocycles. The molecule has 0 aliphatic heterocycles. The van der Waals surface area contributed by atoms with Crippen molar-refractivity contribution in [2.75, 3.05) is 6.26 Å². The van der Waals surface area contributed by atoms with E-state index in [0.29, 0.717) is 21.0 Å². The van der Waals surface area contributed by atoms with Crippen LogP contribution < -0.4 is 0 Å². The topological polar surface area (TPSA) is 43.1 Å². The molecule has 0 aliphatic rings. The van der Waals surface area contributed by atoms with Gasteiger partial charge in [-0.15, -0.1) is 22.0 Å². The van der Waals surface area contributed by atoms with Crippen molar-refractivity contribution in [3.05, 3.63) is 69.5 Å². The van der Waals surface area contributed by atoms with Crippen LogP contribution in [0.4, 0.5) is 0 Å². The van der Waals surface area contributed by atoms with E-state index < -0.39 is 0 Å². The number of thioether (sulfide) groups is 2. The minimum absolute atomic E-state index is 0.625. The van der Waals surface area contributed by atoms with E-state index in [4.69, 9.17) is 23.2 Å². The first-order valence-electron chi connectivity index (χ1n) is 7.74. The second-order valence-corrected chi connectivity index (χ2v) is 8.05. The molecule has 0 spiro atoms. The number of hydrogen-bond acceptors (Lipinski definition) is 5. The van der Waals surface area contributed by atoms with Crippen molar-refractivity contribution in [1.29, 1.82) is 0 Å². The van der Waals surface area contributed by atoms with Gasteiger partial charge in [0.15, 0.2) is 5.82 Å². The lowest BCUT2D eigenvalue weighted by molar-refractivity contribution is 0.744. The average molecular weight is 423 g/mol. The lowest BCUT2D eigenvalue weighted by Crippen LogP contribution is -1.96. The van der Waals surface area contributed by atoms with Crippen LogP contribution in [0.15, 0.2) is 57.6 Å². The predicted octanol–water partition coefficient (Wildman–Crippen LogP) is 5.79. The molecule has 0 fully saturated rings. The summed E-state index contributed by atoms with van der Waals surface area (Å²) in [6.45, 7) is 1.88. The van der Waals surface area contributed by atoms with Crippen LogP contribution >= 0.6 is 46.7 Å². The van der Waals surface area contributed by atoms with Crippen molar-refractivity contribution in [2.24, 2.45) is 5.10 Å². The molecule has 0 N–H and O–H groups in total. The zero-order valence-corrected chi connectivity index (χ0v) is 17.3. The van der Waals surface area contributed by atoms with Crippen LogP contribution in [0.1, 0.15) is 17.0 Å². The maximum Gasteiger partial charge on any atom is 0.212 e. The first kappa shape index (κ1) is 19.3. The number of hydrogen-bond donors (Lipinski definition) is 0. The molecular weight excluding hydrogens is 407 g/mol. The van der Waals surface area contributed by atoms with E-state index in [9.17, 15) is 0 Å². The lowest BCUT2D eigenvalue weighted by Gasteiger charge is -2.05. The number of nitrogens with zero attached hydrogens (tertiary/aromatic N) is 4. The zero-order chi connectivity index (χ0) is 18.5. The van der Waals surface area contributed by atoms with Crippen LogP contribution in [0, 0.1) is 6.92 Å². The Morgan fingerprint density at radius 3 is 2.58 bits per heavy atom. The van der Waals surface area contributed by atoms with Crippen molar-refractivity contribution in [3.63, 3.8) is 0 Å². The van der Waals surface area contributed by atoms with Gasteiger partial charge < -0.3 is 0 Å². The molecule has 0 saturated carbocycles. The highest BCUT2D eigenvalue weighted by atomic mass is 35.5. The van der Waals surface area contributed by atoms with Gasteiger partial charge in [-0.05, 0) is 48.6 Å². The van der Waals surface area contributed by atoms with Crippen molar-refractivity contribution in [1.82, 2.24) is 14.9 Å². The van der Waals surface area contributed by atoms with Crippen LogP contribution in [-0.2, 0) is 5.75 Å². The Bertz CT molecular complexity index is 923. The van der Waals surface area contributed by atoms with Gasteiger partial charge in [0.25, 0.3) is 0 Å². The van der Waals surface area contributed by atoms with E-state index in [0.717, 1.165) is 17.0 Å². The Labute approximate surface area is 171 Å². The molecule has 0 saturated heterocycles. The third-order valence-corrected chi connectivity index (χ3v) is 5.88. The van der Waals surface area contributed by atoms with E-state index in [1.165, 1.54) is 16.7 Å². The molecule has 1 heterocycles. The third kappa shape index (κ3) is 4.82. The first-order valence-corrected chi connectivity index (χ1v) is 10.7. The van der Waals surface area contributed by atoms with Crippen LogP contribution in [-0.4, -0.2) is 27.3 Å². The summed E-state index contributed by atoms with van der Waals surface area (Å²) >= 11 is 15.4. The highest BCUT2D eigenvalue weighted by Crippen LogP contribution is 2.28. The second kappa shape index (κ2) is 8.95. The molecule has 3 rings (SSSR count). The number of aryl methyl sites for hydroxylation is 1. The Balaban J connectivity index is 1.74. The quantitative estimate of drug-likeness (QED) is 0.372. The fraction of sp³-hybridized carbons (Fsp3) is 0.167. The molecule has 0 unspecified atom stereocenters. The fourth-order valence-corrected chi connectivity index (χ4v) is 4.06. The molecule has 0 amide bonds. The van der Waals surface area contributed by atoms with Gasteiger partial charge in [0.05, 0.1) is 6.21 Å². The van der Waals surface area contributed by atoms with Gasteiger partial charge in [-0.1, -0.05) is 53.2 Å². The summed E-state index contributed by atoms with van der Waals surface area (Å²) in [6.07, 6.45) is 3.86. The monoisotopic (exact) mass is 422 g/mol. The molecule has 26 heavy (non-hydrogen) atoms. The SMILES string of the molecule is CSc1ccc(/C=N/n2c(C)nnc2SCc2ccc(Cl)cc2Cl)cc1. The summed E-state index contributed by atoms with van der Waals surface area (Å²) in [4.78, 5) is 1.22. The summed E-state index contributed by atoms with van der Waals surface area (Å²) < 4.78 is 1.73. The van der Waals surface area contributed by atoms with Gasteiger partial charge >= 0.3 is 0 Å². The zero-order valence-electron chi connectivity index (χ0n) is 14.2. The Morgan fingerprint density at radius 2 is 1.88 bits per heavy atom. The standard InChI is InChI=1S/C18H16Cl2N4S2/c1-12-22-23-18(26-11-14-5-6-15(19)9-17(14)20)24(12)21-10-13-3-7-16(25-2)8-4-13/h3-10H,11H2,1-2H3/b21-10+. The molecule has 0 radical (unpaired) electrons. The molecule has 0 atom stereocenters. The first-order chi connectivity index (χ1) is 12.6. The van der Waals surface area contributed by atoms with Crippen LogP contribution in [0.5, 0.6) is 0 Å². The number of halogens is 2. The Morgan fingerprint density at radius 1 is 1.12 bits per heavy atom. The lowest BCUT2D eigenvalue weighted by atomic mass is 10.2. The van der Waals surface area contributed by atoms with Crippen LogP contribution in [0.3, 0.4) is 0 Å². The van der Waals surface area contributed by atoms with Crippen molar-refractivity contribution in [3.8, 4) is 0 Å². The summed E-state index contributed by atoms with van der Waals surface area (Å²) in [6, 6.07) is 13.7. The highest BCUT2D eigenvalue weighted by Gasteiger charge is 2.10. The van der Waals surface area contributed by atoms with Crippen LogP contribution in [0.25, 0.3) is 0 Å². The predicted molar refractivity (Wildman–Crippen MR) is 112 cm³/mol. The summed E-state index contributed by atoms with van der Waals surface area (Å²) in [7, 11) is 0. The molecular formula is C18H16Cl2N4S2. The normalized spacial score (nSPS) is 11.4. The Hall–Kier alpha value is -1.47. The number of benzene rings is 2.